The summed E-state index contributed by atoms with van der Waals surface area (Å²) in [5, 5.41) is 3.79. The van der Waals surface area contributed by atoms with Gasteiger partial charge in [-0.05, 0) is 61.6 Å². The number of unbranched alkanes of at least 4 members (excludes halogenated alkanes) is 1. The lowest BCUT2D eigenvalue weighted by Crippen LogP contribution is -2.50. The van der Waals surface area contributed by atoms with Gasteiger partial charge in [-0.3, -0.25) is 13.9 Å². The second-order valence-corrected chi connectivity index (χ2v) is 13.5. The fourth-order valence-corrected chi connectivity index (χ4v) is 6.42. The van der Waals surface area contributed by atoms with E-state index in [-0.39, 0.29) is 37.7 Å². The zero-order valence-corrected chi connectivity index (χ0v) is 27.6. The van der Waals surface area contributed by atoms with Crippen LogP contribution >= 0.6 is 23.2 Å². The van der Waals surface area contributed by atoms with Gasteiger partial charge in [0, 0.05) is 48.1 Å². The Morgan fingerprint density at radius 2 is 1.60 bits per heavy atom. The van der Waals surface area contributed by atoms with Crippen molar-refractivity contribution in [1.29, 1.82) is 0 Å². The van der Waals surface area contributed by atoms with Crippen molar-refractivity contribution in [3.63, 3.8) is 0 Å². The topological polar surface area (TPSA) is 86.8 Å². The number of nitrogens with one attached hydrogen (secondary N) is 1. The van der Waals surface area contributed by atoms with Gasteiger partial charge in [0.1, 0.15) is 6.04 Å². The molecule has 2 amide bonds. The Balaban J connectivity index is 1.93. The van der Waals surface area contributed by atoms with Crippen molar-refractivity contribution in [2.24, 2.45) is 0 Å². The van der Waals surface area contributed by atoms with Crippen LogP contribution in [-0.4, -0.2) is 50.5 Å². The molecule has 1 N–H and O–H groups in total. The second-order valence-electron chi connectivity index (χ2n) is 10.8. The molecule has 0 radical (unpaired) electrons. The number of benzene rings is 3. The van der Waals surface area contributed by atoms with Crippen LogP contribution in [-0.2, 0) is 32.6 Å². The molecule has 0 spiro atoms. The predicted octanol–water partition coefficient (Wildman–Crippen LogP) is 6.71. The zero-order chi connectivity index (χ0) is 31.6. The van der Waals surface area contributed by atoms with Crippen LogP contribution in [0.3, 0.4) is 0 Å². The first kappa shape index (κ1) is 34.4. The Bertz CT molecular complexity index is 1480. The quantitative estimate of drug-likeness (QED) is 0.186. The van der Waals surface area contributed by atoms with Gasteiger partial charge < -0.3 is 10.2 Å². The number of sulfonamides is 1. The maximum absolute atomic E-state index is 14.0. The summed E-state index contributed by atoms with van der Waals surface area (Å²) in [7, 11) is -3.61. The van der Waals surface area contributed by atoms with Crippen molar-refractivity contribution in [2.75, 3.05) is 23.7 Å². The Labute approximate surface area is 266 Å². The number of hydrogen-bond acceptors (Lipinski definition) is 4. The molecule has 232 valence electrons. The maximum atomic E-state index is 14.0. The summed E-state index contributed by atoms with van der Waals surface area (Å²) >= 11 is 13.0. The molecule has 0 aromatic heterocycles. The lowest BCUT2D eigenvalue weighted by molar-refractivity contribution is -0.141. The summed E-state index contributed by atoms with van der Waals surface area (Å²) in [6, 6.07) is 19.5. The van der Waals surface area contributed by atoms with Gasteiger partial charge in [0.2, 0.25) is 21.8 Å². The van der Waals surface area contributed by atoms with Gasteiger partial charge in [0.25, 0.3) is 0 Å². The van der Waals surface area contributed by atoms with E-state index >= 15 is 0 Å². The highest BCUT2D eigenvalue weighted by molar-refractivity contribution is 7.92. The van der Waals surface area contributed by atoms with E-state index in [1.807, 2.05) is 69.3 Å². The lowest BCUT2D eigenvalue weighted by atomic mass is 10.0. The van der Waals surface area contributed by atoms with Gasteiger partial charge >= 0.3 is 0 Å². The van der Waals surface area contributed by atoms with Crippen LogP contribution in [0.15, 0.2) is 66.7 Å². The number of carbonyl (C=O) groups is 2. The van der Waals surface area contributed by atoms with E-state index in [2.05, 4.69) is 5.32 Å². The number of aryl methyl sites for hydroxylation is 2. The van der Waals surface area contributed by atoms with Gasteiger partial charge in [-0.1, -0.05) is 85.1 Å². The highest BCUT2D eigenvalue weighted by Gasteiger charge is 2.31. The Morgan fingerprint density at radius 3 is 2.23 bits per heavy atom. The Morgan fingerprint density at radius 1 is 0.930 bits per heavy atom. The molecule has 3 rings (SSSR count). The molecule has 0 unspecified atom stereocenters. The number of anilines is 1. The largest absolute Gasteiger partial charge is 0.354 e. The van der Waals surface area contributed by atoms with Crippen molar-refractivity contribution in [1.82, 2.24) is 10.2 Å². The molecule has 7 nitrogen and oxygen atoms in total. The van der Waals surface area contributed by atoms with Crippen LogP contribution in [0.2, 0.25) is 10.0 Å². The third-order valence-corrected chi connectivity index (χ3v) is 9.16. The molecule has 0 aliphatic rings. The first-order chi connectivity index (χ1) is 20.4. The smallest absolute Gasteiger partial charge is 0.243 e. The fourth-order valence-electron chi connectivity index (χ4n) is 4.88. The highest BCUT2D eigenvalue weighted by atomic mass is 35.5. The zero-order valence-electron chi connectivity index (χ0n) is 25.3. The summed E-state index contributed by atoms with van der Waals surface area (Å²) in [6.07, 6.45) is 3.46. The van der Waals surface area contributed by atoms with Crippen LogP contribution < -0.4 is 9.62 Å². The van der Waals surface area contributed by atoms with E-state index in [0.29, 0.717) is 34.3 Å². The molecule has 0 heterocycles. The van der Waals surface area contributed by atoms with Crippen LogP contribution in [0.25, 0.3) is 0 Å². The van der Waals surface area contributed by atoms with E-state index < -0.39 is 16.1 Å². The molecule has 0 saturated heterocycles. The summed E-state index contributed by atoms with van der Waals surface area (Å²) in [5.41, 5.74) is 3.80. The van der Waals surface area contributed by atoms with E-state index in [9.17, 15) is 18.0 Å². The number of rotatable bonds is 15. The molecule has 43 heavy (non-hydrogen) atoms. The standard InChI is InChI=1S/C33H41Cl2N3O4S/c1-5-6-19-36-33(40)31(22-26-12-8-7-9-13-26)37(23-27-28(34)14-10-15-29(27)35)32(39)16-11-20-38(43(4,41)42)30-21-24(2)17-18-25(30)3/h7-10,12-15,17-18,21,31H,5-6,11,16,19-20,22-23H2,1-4H3,(H,36,40)/t31-/m1/s1. The van der Waals surface area contributed by atoms with Crippen LogP contribution in [0.4, 0.5) is 5.69 Å². The molecule has 0 saturated carbocycles. The molecule has 1 atom stereocenters. The van der Waals surface area contributed by atoms with E-state index in [1.165, 1.54) is 15.5 Å². The minimum atomic E-state index is -3.61. The minimum absolute atomic E-state index is 0.0203. The second kappa shape index (κ2) is 16.1. The van der Waals surface area contributed by atoms with Crippen molar-refractivity contribution < 1.29 is 18.0 Å². The minimum Gasteiger partial charge on any atom is -0.354 e. The van der Waals surface area contributed by atoms with Crippen molar-refractivity contribution in [3.05, 3.63) is 99.0 Å². The number of halogens is 2. The fraction of sp³-hybridized carbons (Fsp3) is 0.394. The van der Waals surface area contributed by atoms with E-state index in [0.717, 1.165) is 29.5 Å². The van der Waals surface area contributed by atoms with Crippen LogP contribution in [0.1, 0.15) is 54.9 Å². The first-order valence-electron chi connectivity index (χ1n) is 14.5. The monoisotopic (exact) mass is 645 g/mol. The first-order valence-corrected chi connectivity index (χ1v) is 17.1. The van der Waals surface area contributed by atoms with Gasteiger partial charge in [0.05, 0.1) is 11.9 Å². The predicted molar refractivity (Wildman–Crippen MR) is 176 cm³/mol. The molecular formula is C33H41Cl2N3O4S. The van der Waals surface area contributed by atoms with Gasteiger partial charge in [0.15, 0.2) is 0 Å². The number of carbonyl (C=O) groups excluding carboxylic acids is 2. The average Bonchev–Trinajstić information content (AvgIpc) is 2.95. The van der Waals surface area contributed by atoms with Crippen molar-refractivity contribution >= 4 is 50.7 Å². The molecule has 10 heteroatoms. The molecule has 3 aromatic rings. The lowest BCUT2D eigenvalue weighted by Gasteiger charge is -2.32. The van der Waals surface area contributed by atoms with Crippen LogP contribution in [0.5, 0.6) is 0 Å². The average molecular weight is 647 g/mol. The van der Waals surface area contributed by atoms with Crippen LogP contribution in [0, 0.1) is 13.8 Å². The third kappa shape index (κ3) is 9.98. The maximum Gasteiger partial charge on any atom is 0.243 e. The highest BCUT2D eigenvalue weighted by Crippen LogP contribution is 2.28. The number of nitrogens with zero attached hydrogens (tertiary/aromatic N) is 2. The normalized spacial score (nSPS) is 12.0. The SMILES string of the molecule is CCCCNC(=O)[C@@H](Cc1ccccc1)N(Cc1c(Cl)cccc1Cl)C(=O)CCCN(c1cc(C)ccc1C)S(C)(=O)=O. The Hall–Kier alpha value is -3.07. The summed E-state index contributed by atoms with van der Waals surface area (Å²) in [5.74, 6) is -0.557. The van der Waals surface area contributed by atoms with Crippen molar-refractivity contribution in [2.45, 2.75) is 65.5 Å². The summed E-state index contributed by atoms with van der Waals surface area (Å²) < 4.78 is 26.9. The summed E-state index contributed by atoms with van der Waals surface area (Å²) in [4.78, 5) is 29.2. The van der Waals surface area contributed by atoms with Crippen molar-refractivity contribution in [3.8, 4) is 0 Å². The number of hydrogen-bond donors (Lipinski definition) is 1. The molecule has 0 fully saturated rings. The summed E-state index contributed by atoms with van der Waals surface area (Å²) in [6.45, 7) is 6.45. The van der Waals surface area contributed by atoms with Gasteiger partial charge in [-0.25, -0.2) is 8.42 Å². The molecule has 0 bridgehead atoms. The van der Waals surface area contributed by atoms with E-state index in [1.54, 1.807) is 18.2 Å². The molecule has 0 aliphatic heterocycles. The van der Waals surface area contributed by atoms with E-state index in [4.69, 9.17) is 23.2 Å². The third-order valence-electron chi connectivity index (χ3n) is 7.28. The molecular weight excluding hydrogens is 605 g/mol. The van der Waals surface area contributed by atoms with Gasteiger partial charge in [-0.2, -0.15) is 0 Å². The molecule has 0 aliphatic carbocycles. The van der Waals surface area contributed by atoms with Gasteiger partial charge in [-0.15, -0.1) is 0 Å². The molecule has 3 aromatic carbocycles. The number of amides is 2. The Kier molecular flexibility index (Phi) is 12.9.